The fourth-order valence-corrected chi connectivity index (χ4v) is 3.56. The summed E-state index contributed by atoms with van der Waals surface area (Å²) in [6.07, 6.45) is 1.62. The number of nitrogens with one attached hydrogen (secondary N) is 2. The monoisotopic (exact) mass is 349 g/mol. The SMILES string of the molecule is CCSc1ccc(C(C)NC(=O)N2CCC(NC(C)=O)CC2)cc1. The summed E-state index contributed by atoms with van der Waals surface area (Å²) in [7, 11) is 0. The van der Waals surface area contributed by atoms with Crippen LogP contribution in [0.25, 0.3) is 0 Å². The second-order valence-corrected chi connectivity index (χ2v) is 7.47. The molecule has 0 aliphatic carbocycles. The molecule has 2 rings (SSSR count). The van der Waals surface area contributed by atoms with Gasteiger partial charge in [0.1, 0.15) is 0 Å². The molecule has 0 aromatic heterocycles. The molecular formula is C18H27N3O2S. The Labute approximate surface area is 148 Å². The number of amides is 3. The van der Waals surface area contributed by atoms with E-state index in [9.17, 15) is 9.59 Å². The van der Waals surface area contributed by atoms with Crippen molar-refractivity contribution < 1.29 is 9.59 Å². The number of rotatable bonds is 5. The number of benzene rings is 1. The van der Waals surface area contributed by atoms with Crippen molar-refractivity contribution in [1.82, 2.24) is 15.5 Å². The molecule has 1 aromatic rings. The topological polar surface area (TPSA) is 61.4 Å². The maximum absolute atomic E-state index is 12.4. The second-order valence-electron chi connectivity index (χ2n) is 6.14. The highest BCUT2D eigenvalue weighted by molar-refractivity contribution is 7.99. The highest BCUT2D eigenvalue weighted by Crippen LogP contribution is 2.21. The van der Waals surface area contributed by atoms with Crippen LogP contribution in [0.4, 0.5) is 4.79 Å². The van der Waals surface area contributed by atoms with Crippen molar-refractivity contribution in [3.05, 3.63) is 29.8 Å². The lowest BCUT2D eigenvalue weighted by molar-refractivity contribution is -0.119. The van der Waals surface area contributed by atoms with Crippen LogP contribution in [-0.2, 0) is 4.79 Å². The molecule has 1 aliphatic heterocycles. The Kier molecular flexibility index (Phi) is 6.97. The molecule has 1 aromatic carbocycles. The molecule has 1 fully saturated rings. The van der Waals surface area contributed by atoms with Gasteiger partial charge < -0.3 is 15.5 Å². The van der Waals surface area contributed by atoms with Gasteiger partial charge in [-0.2, -0.15) is 0 Å². The first kappa shape index (κ1) is 18.6. The standard InChI is InChI=1S/C18H27N3O2S/c1-4-24-17-7-5-15(6-8-17)13(2)19-18(23)21-11-9-16(10-12-21)20-14(3)22/h5-8,13,16H,4,9-12H2,1-3H3,(H,19,23)(H,20,22). The molecule has 1 heterocycles. The zero-order chi connectivity index (χ0) is 17.5. The van der Waals surface area contributed by atoms with E-state index >= 15 is 0 Å². The summed E-state index contributed by atoms with van der Waals surface area (Å²) >= 11 is 1.81. The van der Waals surface area contributed by atoms with Gasteiger partial charge in [0.25, 0.3) is 0 Å². The van der Waals surface area contributed by atoms with E-state index in [2.05, 4.69) is 41.8 Å². The number of likely N-dealkylation sites (tertiary alicyclic amines) is 1. The molecule has 0 bridgehead atoms. The molecule has 24 heavy (non-hydrogen) atoms. The lowest BCUT2D eigenvalue weighted by atomic mass is 10.1. The quantitative estimate of drug-likeness (QED) is 0.803. The number of hydrogen-bond donors (Lipinski definition) is 2. The normalized spacial score (nSPS) is 16.5. The van der Waals surface area contributed by atoms with E-state index in [0.29, 0.717) is 13.1 Å². The summed E-state index contributed by atoms with van der Waals surface area (Å²) in [5, 5.41) is 5.99. The molecule has 6 heteroatoms. The van der Waals surface area contributed by atoms with Gasteiger partial charge >= 0.3 is 6.03 Å². The van der Waals surface area contributed by atoms with Crippen molar-refractivity contribution in [2.45, 2.75) is 50.6 Å². The lowest BCUT2D eigenvalue weighted by Crippen LogP contribution is -2.49. The third kappa shape index (κ3) is 5.44. The summed E-state index contributed by atoms with van der Waals surface area (Å²) in [6, 6.07) is 8.49. The summed E-state index contributed by atoms with van der Waals surface area (Å²) in [5.41, 5.74) is 1.11. The number of carbonyl (C=O) groups excluding carboxylic acids is 2. The molecule has 5 nitrogen and oxygen atoms in total. The van der Waals surface area contributed by atoms with Crippen molar-refractivity contribution in [3.63, 3.8) is 0 Å². The molecule has 1 atom stereocenters. The molecular weight excluding hydrogens is 322 g/mol. The molecule has 1 unspecified atom stereocenters. The van der Waals surface area contributed by atoms with Crippen LogP contribution in [-0.4, -0.2) is 41.7 Å². The molecule has 3 amide bonds. The van der Waals surface area contributed by atoms with Gasteiger partial charge in [0.15, 0.2) is 0 Å². The van der Waals surface area contributed by atoms with Crippen LogP contribution in [0.1, 0.15) is 45.2 Å². The number of thioether (sulfide) groups is 1. The van der Waals surface area contributed by atoms with Crippen LogP contribution in [0.5, 0.6) is 0 Å². The minimum atomic E-state index is -0.0317. The van der Waals surface area contributed by atoms with E-state index in [1.165, 1.54) is 11.8 Å². The van der Waals surface area contributed by atoms with E-state index in [-0.39, 0.29) is 24.0 Å². The van der Waals surface area contributed by atoms with Crippen LogP contribution in [0.2, 0.25) is 0 Å². The zero-order valence-corrected chi connectivity index (χ0v) is 15.5. The minimum Gasteiger partial charge on any atom is -0.353 e. The predicted molar refractivity (Wildman–Crippen MR) is 98.2 cm³/mol. The lowest BCUT2D eigenvalue weighted by Gasteiger charge is -2.33. The highest BCUT2D eigenvalue weighted by Gasteiger charge is 2.24. The number of nitrogens with zero attached hydrogens (tertiary/aromatic N) is 1. The van der Waals surface area contributed by atoms with Crippen LogP contribution in [0.3, 0.4) is 0 Å². The minimum absolute atomic E-state index is 0.00351. The molecule has 1 aliphatic rings. The van der Waals surface area contributed by atoms with Gasteiger partial charge in [-0.25, -0.2) is 4.79 Å². The summed E-state index contributed by atoms with van der Waals surface area (Å²) in [4.78, 5) is 26.6. The van der Waals surface area contributed by atoms with E-state index in [1.54, 1.807) is 0 Å². The van der Waals surface area contributed by atoms with Gasteiger partial charge in [-0.05, 0) is 43.2 Å². The Morgan fingerprint density at radius 1 is 1.25 bits per heavy atom. The third-order valence-electron chi connectivity index (χ3n) is 4.22. The third-order valence-corrected chi connectivity index (χ3v) is 5.11. The average Bonchev–Trinajstić information content (AvgIpc) is 2.56. The van der Waals surface area contributed by atoms with Crippen LogP contribution in [0.15, 0.2) is 29.2 Å². The van der Waals surface area contributed by atoms with Crippen LogP contribution >= 0.6 is 11.8 Å². The van der Waals surface area contributed by atoms with Crippen LogP contribution < -0.4 is 10.6 Å². The van der Waals surface area contributed by atoms with Gasteiger partial charge in [0, 0.05) is 31.0 Å². The fraction of sp³-hybridized carbons (Fsp3) is 0.556. The van der Waals surface area contributed by atoms with Gasteiger partial charge in [0.05, 0.1) is 6.04 Å². The largest absolute Gasteiger partial charge is 0.353 e. The van der Waals surface area contributed by atoms with E-state index in [1.807, 2.05) is 23.6 Å². The van der Waals surface area contributed by atoms with Crippen molar-refractivity contribution in [1.29, 1.82) is 0 Å². The average molecular weight is 350 g/mol. The Bertz CT molecular complexity index is 554. The molecule has 0 spiro atoms. The van der Waals surface area contributed by atoms with Gasteiger partial charge in [-0.1, -0.05) is 19.1 Å². The molecule has 2 N–H and O–H groups in total. The Morgan fingerprint density at radius 2 is 1.88 bits per heavy atom. The number of piperidine rings is 1. The van der Waals surface area contributed by atoms with Gasteiger partial charge in [-0.15, -0.1) is 11.8 Å². The highest BCUT2D eigenvalue weighted by atomic mass is 32.2. The first-order valence-electron chi connectivity index (χ1n) is 8.55. The maximum Gasteiger partial charge on any atom is 0.317 e. The fourth-order valence-electron chi connectivity index (χ4n) is 2.89. The summed E-state index contributed by atoms with van der Waals surface area (Å²) in [6.45, 7) is 7.02. The second kappa shape index (κ2) is 8.97. The van der Waals surface area contributed by atoms with E-state index in [4.69, 9.17) is 0 Å². The van der Waals surface area contributed by atoms with Crippen molar-refractivity contribution in [2.75, 3.05) is 18.8 Å². The predicted octanol–water partition coefficient (Wildman–Crippen LogP) is 3.17. The first-order valence-corrected chi connectivity index (χ1v) is 9.53. The zero-order valence-electron chi connectivity index (χ0n) is 14.7. The number of hydrogen-bond acceptors (Lipinski definition) is 3. The molecule has 1 saturated heterocycles. The van der Waals surface area contributed by atoms with Crippen molar-refractivity contribution >= 4 is 23.7 Å². The smallest absolute Gasteiger partial charge is 0.317 e. The number of carbonyl (C=O) groups is 2. The molecule has 0 saturated carbocycles. The summed E-state index contributed by atoms with van der Waals surface area (Å²) < 4.78 is 0. The van der Waals surface area contributed by atoms with Gasteiger partial charge in [0.2, 0.25) is 5.91 Å². The number of urea groups is 1. The Hall–Kier alpha value is -1.69. The van der Waals surface area contributed by atoms with E-state index < -0.39 is 0 Å². The van der Waals surface area contributed by atoms with Gasteiger partial charge in [-0.3, -0.25) is 4.79 Å². The molecule has 132 valence electrons. The van der Waals surface area contributed by atoms with Crippen LogP contribution in [0, 0.1) is 0 Å². The Morgan fingerprint density at radius 3 is 2.42 bits per heavy atom. The first-order chi connectivity index (χ1) is 11.5. The van der Waals surface area contributed by atoms with Crippen molar-refractivity contribution in [3.8, 4) is 0 Å². The summed E-state index contributed by atoms with van der Waals surface area (Å²) in [5.74, 6) is 1.05. The van der Waals surface area contributed by atoms with E-state index in [0.717, 1.165) is 24.2 Å². The molecule has 0 radical (unpaired) electrons. The van der Waals surface area contributed by atoms with Crippen molar-refractivity contribution in [2.24, 2.45) is 0 Å². The Balaban J connectivity index is 1.82. The maximum atomic E-state index is 12.4.